The zero-order valence-electron chi connectivity index (χ0n) is 23.2. The molecule has 0 radical (unpaired) electrons. The van der Waals surface area contributed by atoms with Crippen molar-refractivity contribution in [2.45, 2.75) is 51.0 Å². The van der Waals surface area contributed by atoms with Gasteiger partial charge in [-0.05, 0) is 42.7 Å². The van der Waals surface area contributed by atoms with Crippen LogP contribution in [0.25, 0.3) is 11.0 Å². The van der Waals surface area contributed by atoms with E-state index in [2.05, 4.69) is 19.6 Å². The summed E-state index contributed by atoms with van der Waals surface area (Å²) in [6.07, 6.45) is -2.20. The Morgan fingerprint density at radius 1 is 1.07 bits per heavy atom. The standard InChI is InChI=1S/C27H32F3N7O3S/c1-5-20-16-37(25-24-22(35(3)26(38)34-25)12-11-19(13-31)33-24)21(6-2)15-36(20)23(14-32-41(4,39)40)17-7-9-18(10-8-17)27(28,29)30/h7-12,20-21,23,32H,5-6,14-16H2,1-4H3/t20-,21+,23?/m1/s1. The van der Waals surface area contributed by atoms with Crippen LogP contribution < -0.4 is 15.3 Å². The van der Waals surface area contributed by atoms with Crippen molar-refractivity contribution in [1.29, 1.82) is 5.26 Å². The van der Waals surface area contributed by atoms with Crippen LogP contribution in [0, 0.1) is 11.3 Å². The van der Waals surface area contributed by atoms with Gasteiger partial charge in [0.05, 0.1) is 17.3 Å². The summed E-state index contributed by atoms with van der Waals surface area (Å²) in [7, 11) is -2.00. The quantitative estimate of drug-likeness (QED) is 0.424. The number of nitrogens with one attached hydrogen (secondary N) is 1. The summed E-state index contributed by atoms with van der Waals surface area (Å²) in [6, 6.07) is 9.11. The van der Waals surface area contributed by atoms with Gasteiger partial charge in [-0.15, -0.1) is 0 Å². The molecule has 0 saturated carbocycles. The number of aromatic nitrogens is 3. The van der Waals surface area contributed by atoms with E-state index in [0.29, 0.717) is 48.3 Å². The number of nitriles is 1. The van der Waals surface area contributed by atoms with Gasteiger partial charge in [-0.1, -0.05) is 26.0 Å². The number of anilines is 1. The maximum Gasteiger partial charge on any atom is 0.416 e. The van der Waals surface area contributed by atoms with Crippen molar-refractivity contribution >= 4 is 26.9 Å². The second kappa shape index (κ2) is 11.8. The van der Waals surface area contributed by atoms with Crippen LogP contribution in [-0.4, -0.2) is 65.8 Å². The summed E-state index contributed by atoms with van der Waals surface area (Å²) in [6.45, 7) is 4.73. The number of alkyl halides is 3. The molecule has 10 nitrogen and oxygen atoms in total. The molecule has 41 heavy (non-hydrogen) atoms. The molecule has 1 unspecified atom stereocenters. The molecular weight excluding hydrogens is 559 g/mol. The van der Waals surface area contributed by atoms with Gasteiger partial charge in [-0.3, -0.25) is 9.47 Å². The Labute approximate surface area is 236 Å². The summed E-state index contributed by atoms with van der Waals surface area (Å²) < 4.78 is 67.7. The summed E-state index contributed by atoms with van der Waals surface area (Å²) >= 11 is 0. The van der Waals surface area contributed by atoms with Crippen LogP contribution in [0.3, 0.4) is 0 Å². The molecule has 1 saturated heterocycles. The first-order valence-electron chi connectivity index (χ1n) is 13.2. The third-order valence-corrected chi connectivity index (χ3v) is 8.26. The van der Waals surface area contributed by atoms with E-state index in [1.807, 2.05) is 24.8 Å². The van der Waals surface area contributed by atoms with E-state index in [4.69, 9.17) is 0 Å². The highest BCUT2D eigenvalue weighted by molar-refractivity contribution is 7.88. The molecule has 0 spiro atoms. The summed E-state index contributed by atoms with van der Waals surface area (Å²) in [4.78, 5) is 25.7. The van der Waals surface area contributed by atoms with Crippen LogP contribution in [0.2, 0.25) is 0 Å². The number of hydrogen-bond acceptors (Lipinski definition) is 8. The molecule has 2 aromatic heterocycles. The SMILES string of the molecule is CC[C@H]1CN(C(CNS(C)(=O)=O)c2ccc(C(F)(F)F)cc2)[C@H](CC)CN1c1nc(=O)n(C)c2ccc(C#N)nc12. The second-order valence-corrected chi connectivity index (χ2v) is 12.0. The number of sulfonamides is 1. The molecule has 220 valence electrons. The minimum absolute atomic E-state index is 0.0305. The zero-order valence-corrected chi connectivity index (χ0v) is 24.0. The lowest BCUT2D eigenvalue weighted by molar-refractivity contribution is -0.137. The van der Waals surface area contributed by atoms with E-state index in [1.165, 1.54) is 16.7 Å². The van der Waals surface area contributed by atoms with Gasteiger partial charge in [-0.25, -0.2) is 22.9 Å². The highest BCUT2D eigenvalue weighted by Gasteiger charge is 2.39. The van der Waals surface area contributed by atoms with Crippen LogP contribution in [0.4, 0.5) is 19.0 Å². The topological polar surface area (TPSA) is 124 Å². The number of halogens is 3. The van der Waals surface area contributed by atoms with Crippen molar-refractivity contribution in [2.24, 2.45) is 7.05 Å². The van der Waals surface area contributed by atoms with Crippen molar-refractivity contribution < 1.29 is 21.6 Å². The second-order valence-electron chi connectivity index (χ2n) is 10.2. The van der Waals surface area contributed by atoms with Gasteiger partial charge in [0.15, 0.2) is 5.82 Å². The Morgan fingerprint density at radius 2 is 1.73 bits per heavy atom. The Balaban J connectivity index is 1.77. The fraction of sp³-hybridized carbons (Fsp3) is 0.481. The molecule has 1 fully saturated rings. The molecular formula is C27H32F3N7O3S. The largest absolute Gasteiger partial charge is 0.416 e. The normalized spacial score (nSPS) is 19.3. The fourth-order valence-electron chi connectivity index (χ4n) is 5.35. The third kappa shape index (κ3) is 6.52. The molecule has 1 aliphatic rings. The summed E-state index contributed by atoms with van der Waals surface area (Å²) in [5.74, 6) is 0.366. The minimum atomic E-state index is -4.49. The summed E-state index contributed by atoms with van der Waals surface area (Å²) in [5, 5.41) is 9.44. The third-order valence-electron chi connectivity index (χ3n) is 7.57. The van der Waals surface area contributed by atoms with E-state index in [1.54, 1.807) is 19.2 Å². The molecule has 0 amide bonds. The monoisotopic (exact) mass is 591 g/mol. The van der Waals surface area contributed by atoms with Crippen LogP contribution in [-0.2, 0) is 23.2 Å². The zero-order chi connectivity index (χ0) is 30.1. The molecule has 4 rings (SSSR count). The average Bonchev–Trinajstić information content (AvgIpc) is 2.93. The van der Waals surface area contributed by atoms with Gasteiger partial charge in [0.1, 0.15) is 17.3 Å². The number of fused-ring (bicyclic) bond motifs is 1. The lowest BCUT2D eigenvalue weighted by Gasteiger charge is -2.49. The average molecular weight is 592 g/mol. The molecule has 1 aromatic carbocycles. The predicted octanol–water partition coefficient (Wildman–Crippen LogP) is 3.19. The predicted molar refractivity (Wildman–Crippen MR) is 149 cm³/mol. The first-order valence-corrected chi connectivity index (χ1v) is 15.1. The number of piperazine rings is 1. The van der Waals surface area contributed by atoms with Crippen molar-refractivity contribution in [1.82, 2.24) is 24.2 Å². The summed E-state index contributed by atoms with van der Waals surface area (Å²) in [5.41, 5.74) is 0.437. The van der Waals surface area contributed by atoms with Crippen LogP contribution in [0.1, 0.15) is 49.6 Å². The minimum Gasteiger partial charge on any atom is -0.349 e. The first kappa shape index (κ1) is 30.4. The van der Waals surface area contributed by atoms with Gasteiger partial charge in [0, 0.05) is 44.8 Å². The number of hydrogen-bond donors (Lipinski definition) is 1. The van der Waals surface area contributed by atoms with Gasteiger partial charge < -0.3 is 4.90 Å². The number of aryl methyl sites for hydroxylation is 1. The lowest BCUT2D eigenvalue weighted by Crippen LogP contribution is -2.60. The highest BCUT2D eigenvalue weighted by Crippen LogP contribution is 2.35. The van der Waals surface area contributed by atoms with Crippen LogP contribution in [0.5, 0.6) is 0 Å². The maximum atomic E-state index is 13.2. The highest BCUT2D eigenvalue weighted by atomic mass is 32.2. The molecule has 14 heteroatoms. The number of pyridine rings is 1. The van der Waals surface area contributed by atoms with Gasteiger partial charge in [-0.2, -0.15) is 23.4 Å². The Morgan fingerprint density at radius 3 is 2.29 bits per heavy atom. The molecule has 3 atom stereocenters. The van der Waals surface area contributed by atoms with Gasteiger partial charge in [0.25, 0.3) is 0 Å². The molecule has 1 N–H and O–H groups in total. The molecule has 1 aliphatic heterocycles. The van der Waals surface area contributed by atoms with Crippen molar-refractivity contribution in [3.8, 4) is 6.07 Å². The number of nitrogens with zero attached hydrogens (tertiary/aromatic N) is 6. The van der Waals surface area contributed by atoms with E-state index < -0.39 is 33.5 Å². The Kier molecular flexibility index (Phi) is 8.72. The Hall–Kier alpha value is -3.54. The van der Waals surface area contributed by atoms with Crippen molar-refractivity contribution in [3.05, 3.63) is 63.7 Å². The number of rotatable bonds is 8. The number of benzene rings is 1. The molecule has 3 heterocycles. The van der Waals surface area contributed by atoms with Crippen molar-refractivity contribution in [3.63, 3.8) is 0 Å². The lowest BCUT2D eigenvalue weighted by atomic mass is 9.95. The van der Waals surface area contributed by atoms with Gasteiger partial charge >= 0.3 is 11.9 Å². The van der Waals surface area contributed by atoms with E-state index >= 15 is 0 Å². The maximum absolute atomic E-state index is 13.2. The smallest absolute Gasteiger partial charge is 0.349 e. The van der Waals surface area contributed by atoms with E-state index in [0.717, 1.165) is 18.4 Å². The van der Waals surface area contributed by atoms with Crippen molar-refractivity contribution in [2.75, 3.05) is 30.8 Å². The first-order chi connectivity index (χ1) is 19.3. The molecule has 0 aliphatic carbocycles. The fourth-order valence-corrected chi connectivity index (χ4v) is 5.81. The molecule has 0 bridgehead atoms. The van der Waals surface area contributed by atoms with E-state index in [-0.39, 0.29) is 24.3 Å². The van der Waals surface area contributed by atoms with Gasteiger partial charge in [0.2, 0.25) is 10.0 Å². The van der Waals surface area contributed by atoms with Crippen LogP contribution >= 0.6 is 0 Å². The van der Waals surface area contributed by atoms with E-state index in [9.17, 15) is 31.6 Å². The van der Waals surface area contributed by atoms with Crippen LogP contribution in [0.15, 0.2) is 41.2 Å². The Bertz CT molecular complexity index is 1620. The molecule has 3 aromatic rings.